The predicted molar refractivity (Wildman–Crippen MR) is 163 cm³/mol. The van der Waals surface area contributed by atoms with E-state index in [1.807, 2.05) is 0 Å². The monoisotopic (exact) mass is 684 g/mol. The molecule has 2 aromatic carbocycles. The number of esters is 6. The van der Waals surface area contributed by atoms with E-state index in [1.165, 1.54) is 49.6 Å². The van der Waals surface area contributed by atoms with Gasteiger partial charge in [0, 0.05) is 53.7 Å². The summed E-state index contributed by atoms with van der Waals surface area (Å²) >= 11 is 0. The maximum Gasteiger partial charge on any atom is 0.308 e. The molecule has 1 saturated heterocycles. The van der Waals surface area contributed by atoms with Gasteiger partial charge >= 0.3 is 35.8 Å². The summed E-state index contributed by atoms with van der Waals surface area (Å²) in [5.74, 6) is -4.48. The minimum absolute atomic E-state index is 0.00384. The van der Waals surface area contributed by atoms with Crippen LogP contribution in [-0.2, 0) is 52.5 Å². The second kappa shape index (κ2) is 15.4. The number of hydrogen-bond acceptors (Lipinski definition) is 16. The lowest BCUT2D eigenvalue weighted by atomic mass is 9.98. The molecule has 0 aliphatic carbocycles. The predicted octanol–water partition coefficient (Wildman–Crippen LogP) is 2.77. The van der Waals surface area contributed by atoms with Gasteiger partial charge in [-0.1, -0.05) is 12.1 Å². The number of benzene rings is 2. The van der Waals surface area contributed by atoms with Gasteiger partial charge in [0.05, 0.1) is 5.56 Å². The minimum atomic E-state index is -1.48. The molecule has 1 unspecified atom stereocenters. The Kier molecular flexibility index (Phi) is 11.4. The Hall–Kier alpha value is -5.77. The molecule has 0 N–H and O–H groups in total. The molecule has 0 radical (unpaired) electrons. The first kappa shape index (κ1) is 36.1. The van der Waals surface area contributed by atoms with Gasteiger partial charge in [0.15, 0.2) is 12.2 Å². The molecule has 2 heterocycles. The van der Waals surface area contributed by atoms with E-state index in [9.17, 15) is 33.6 Å². The van der Waals surface area contributed by atoms with E-state index < -0.39 is 78.6 Å². The Morgan fingerprint density at radius 2 is 1.27 bits per heavy atom. The lowest BCUT2D eigenvalue weighted by Gasteiger charge is -2.43. The molecule has 16 heteroatoms. The third-order valence-corrected chi connectivity index (χ3v) is 6.70. The molecular formula is C33H32O16. The highest BCUT2D eigenvalue weighted by atomic mass is 16.7. The molecule has 260 valence electrons. The van der Waals surface area contributed by atoms with Crippen LogP contribution < -0.4 is 19.6 Å². The number of carbonyl (C=O) groups is 6. The minimum Gasteiger partial charge on any atom is -0.463 e. The van der Waals surface area contributed by atoms with Gasteiger partial charge in [-0.2, -0.15) is 0 Å². The molecule has 0 amide bonds. The molecule has 5 atom stereocenters. The van der Waals surface area contributed by atoms with Crippen molar-refractivity contribution in [1.29, 1.82) is 0 Å². The topological polar surface area (TPSA) is 206 Å². The highest BCUT2D eigenvalue weighted by Crippen LogP contribution is 2.34. The molecule has 1 fully saturated rings. The van der Waals surface area contributed by atoms with Crippen LogP contribution in [0.1, 0.15) is 41.5 Å². The van der Waals surface area contributed by atoms with Crippen molar-refractivity contribution < 1.29 is 71.1 Å². The Labute approximate surface area is 278 Å². The maximum atomic E-state index is 13.6. The maximum absolute atomic E-state index is 13.6. The van der Waals surface area contributed by atoms with Crippen LogP contribution >= 0.6 is 0 Å². The van der Waals surface area contributed by atoms with Crippen molar-refractivity contribution >= 4 is 46.8 Å². The zero-order chi connectivity index (χ0) is 36.0. The molecule has 1 aliphatic rings. The molecule has 1 aromatic heterocycles. The van der Waals surface area contributed by atoms with Gasteiger partial charge in [-0.15, -0.1) is 0 Å². The van der Waals surface area contributed by atoms with Crippen molar-refractivity contribution in [3.8, 4) is 28.4 Å². The average molecular weight is 685 g/mol. The number of carbonyl (C=O) groups excluding carboxylic acids is 6. The van der Waals surface area contributed by atoms with Crippen molar-refractivity contribution in [2.75, 3.05) is 6.61 Å². The summed E-state index contributed by atoms with van der Waals surface area (Å²) in [6.07, 6.45) is -5.77. The molecule has 49 heavy (non-hydrogen) atoms. The normalized spacial score (nSPS) is 20.0. The fourth-order valence-corrected chi connectivity index (χ4v) is 4.98. The van der Waals surface area contributed by atoms with Crippen LogP contribution in [0.5, 0.6) is 17.2 Å². The summed E-state index contributed by atoms with van der Waals surface area (Å²) in [6.45, 7) is 6.33. The molecule has 0 spiro atoms. The second-order valence-electron chi connectivity index (χ2n) is 10.7. The summed E-state index contributed by atoms with van der Waals surface area (Å²) < 4.78 is 49.2. The molecule has 4 rings (SSSR count). The average Bonchev–Trinajstić information content (AvgIpc) is 2.98. The van der Waals surface area contributed by atoms with E-state index in [-0.39, 0.29) is 33.8 Å². The van der Waals surface area contributed by atoms with Gasteiger partial charge in [0.25, 0.3) is 0 Å². The third-order valence-electron chi connectivity index (χ3n) is 6.70. The van der Waals surface area contributed by atoms with Gasteiger partial charge in [-0.05, 0) is 17.7 Å². The molecule has 0 bridgehead atoms. The summed E-state index contributed by atoms with van der Waals surface area (Å²) in [7, 11) is 0. The van der Waals surface area contributed by atoms with Gasteiger partial charge in [-0.3, -0.25) is 33.6 Å². The standard InChI is InChI=1S/C33H32O16/c1-15(34)41-14-27-30(45-18(4)37)31(46-19(5)38)32(47-20(6)39)33(49-27)48-22-9-7-21(8-10-22)24-13-42-25-11-23(43-16(2)35)12-26(44-17(3)36)28(25)29(24)40/h7-13,27,30-33H,14H2,1-6H3/t27-,30-,31+,32-,33?/m0/s1. The van der Waals surface area contributed by atoms with E-state index in [4.69, 9.17) is 42.3 Å². The first-order valence-electron chi connectivity index (χ1n) is 14.7. The quantitative estimate of drug-likeness (QED) is 0.171. The summed E-state index contributed by atoms with van der Waals surface area (Å²) in [5, 5.41) is -0.0820. The van der Waals surface area contributed by atoms with Crippen LogP contribution in [0.15, 0.2) is 51.9 Å². The second-order valence-corrected chi connectivity index (χ2v) is 10.7. The van der Waals surface area contributed by atoms with Crippen molar-refractivity contribution in [1.82, 2.24) is 0 Å². The number of ether oxygens (including phenoxy) is 8. The van der Waals surface area contributed by atoms with E-state index in [0.717, 1.165) is 34.6 Å². The van der Waals surface area contributed by atoms with Crippen LogP contribution in [0.2, 0.25) is 0 Å². The highest BCUT2D eigenvalue weighted by molar-refractivity contribution is 5.91. The smallest absolute Gasteiger partial charge is 0.308 e. The van der Waals surface area contributed by atoms with E-state index in [2.05, 4.69) is 0 Å². The summed E-state index contributed by atoms with van der Waals surface area (Å²) in [6, 6.07) is 8.42. The van der Waals surface area contributed by atoms with Crippen LogP contribution in [0.25, 0.3) is 22.1 Å². The summed E-state index contributed by atoms with van der Waals surface area (Å²) in [4.78, 5) is 84.6. The van der Waals surface area contributed by atoms with Crippen molar-refractivity contribution in [3.63, 3.8) is 0 Å². The largest absolute Gasteiger partial charge is 0.463 e. The fourth-order valence-electron chi connectivity index (χ4n) is 4.98. The Balaban J connectivity index is 1.69. The number of rotatable bonds is 10. The van der Waals surface area contributed by atoms with Crippen LogP contribution in [0.3, 0.4) is 0 Å². The third kappa shape index (κ3) is 9.19. The number of fused-ring (bicyclic) bond motifs is 1. The Morgan fingerprint density at radius 1 is 0.673 bits per heavy atom. The van der Waals surface area contributed by atoms with Crippen molar-refractivity contribution in [2.24, 2.45) is 0 Å². The summed E-state index contributed by atoms with van der Waals surface area (Å²) in [5.41, 5.74) is -0.158. The molecule has 16 nitrogen and oxygen atoms in total. The van der Waals surface area contributed by atoms with Crippen LogP contribution in [-0.4, -0.2) is 73.1 Å². The van der Waals surface area contributed by atoms with Crippen molar-refractivity contribution in [2.45, 2.75) is 72.2 Å². The van der Waals surface area contributed by atoms with Gasteiger partial charge in [-0.25, -0.2) is 0 Å². The zero-order valence-electron chi connectivity index (χ0n) is 27.2. The zero-order valence-corrected chi connectivity index (χ0v) is 27.2. The number of hydrogen-bond donors (Lipinski definition) is 0. The van der Waals surface area contributed by atoms with Crippen LogP contribution in [0, 0.1) is 0 Å². The van der Waals surface area contributed by atoms with E-state index in [1.54, 1.807) is 0 Å². The lowest BCUT2D eigenvalue weighted by molar-refractivity contribution is -0.288. The van der Waals surface area contributed by atoms with Crippen LogP contribution in [0.4, 0.5) is 0 Å². The lowest BCUT2D eigenvalue weighted by Crippen LogP contribution is -2.63. The molecule has 0 saturated carbocycles. The van der Waals surface area contributed by atoms with Crippen molar-refractivity contribution in [3.05, 3.63) is 52.9 Å². The first-order valence-corrected chi connectivity index (χ1v) is 14.7. The molecular weight excluding hydrogens is 652 g/mol. The van der Waals surface area contributed by atoms with Gasteiger partial charge < -0.3 is 42.3 Å². The molecule has 1 aliphatic heterocycles. The Bertz CT molecular complexity index is 1820. The van der Waals surface area contributed by atoms with E-state index in [0.29, 0.717) is 5.56 Å². The SMILES string of the molecule is CC(=O)OC[C@@H]1OC(Oc2ccc(-c3coc4cc(OC(C)=O)cc(OC(C)=O)c4c3=O)cc2)[C@@H](OC(C)=O)[C@H](OC(C)=O)[C@H]1OC(C)=O. The Morgan fingerprint density at radius 3 is 1.84 bits per heavy atom. The van der Waals surface area contributed by atoms with E-state index >= 15 is 0 Å². The fraction of sp³-hybridized carbons (Fsp3) is 0.364. The first-order chi connectivity index (χ1) is 23.1. The van der Waals surface area contributed by atoms with Gasteiger partial charge in [0.2, 0.25) is 17.8 Å². The molecule has 3 aromatic rings. The van der Waals surface area contributed by atoms with Gasteiger partial charge in [0.1, 0.15) is 47.2 Å². The highest BCUT2D eigenvalue weighted by Gasteiger charge is 2.53.